The molecule has 0 saturated carbocycles. The third-order valence-electron chi connectivity index (χ3n) is 5.02. The molecule has 118 valence electrons. The van der Waals surface area contributed by atoms with E-state index in [1.54, 1.807) is 0 Å². The van der Waals surface area contributed by atoms with Crippen LogP contribution >= 0.6 is 12.4 Å². The predicted octanol–water partition coefficient (Wildman–Crippen LogP) is 1.20. The van der Waals surface area contributed by atoms with E-state index >= 15 is 0 Å². The van der Waals surface area contributed by atoms with Crippen LogP contribution in [0.15, 0.2) is 0 Å². The van der Waals surface area contributed by atoms with E-state index in [1.807, 2.05) is 0 Å². The molecule has 0 amide bonds. The predicted molar refractivity (Wildman–Crippen MR) is 84.7 cm³/mol. The zero-order valence-corrected chi connectivity index (χ0v) is 13.4. The van der Waals surface area contributed by atoms with Crippen LogP contribution in [-0.4, -0.2) is 74.9 Å². The van der Waals surface area contributed by atoms with Crippen LogP contribution in [0, 0.1) is 5.92 Å². The van der Waals surface area contributed by atoms with Gasteiger partial charge in [-0.15, -0.1) is 12.4 Å². The van der Waals surface area contributed by atoms with Gasteiger partial charge >= 0.3 is 0 Å². The second-order valence-corrected chi connectivity index (χ2v) is 6.40. The summed E-state index contributed by atoms with van der Waals surface area (Å²) in [6.45, 7) is 10.5. The minimum atomic E-state index is 0. The first kappa shape index (κ1) is 16.5. The van der Waals surface area contributed by atoms with E-state index < -0.39 is 0 Å². The molecular formula is C15H30ClN3O. The fraction of sp³-hybridized carbons (Fsp3) is 1.00. The molecule has 0 bridgehead atoms. The summed E-state index contributed by atoms with van der Waals surface area (Å²) in [5.41, 5.74) is 0. The molecule has 3 aliphatic rings. The van der Waals surface area contributed by atoms with Crippen LogP contribution < -0.4 is 5.32 Å². The number of ether oxygens (including phenoxy) is 1. The lowest BCUT2D eigenvalue weighted by atomic mass is 9.97. The van der Waals surface area contributed by atoms with E-state index in [4.69, 9.17) is 4.74 Å². The van der Waals surface area contributed by atoms with Gasteiger partial charge in [0.1, 0.15) is 0 Å². The summed E-state index contributed by atoms with van der Waals surface area (Å²) in [6, 6.07) is 0.813. The molecule has 3 rings (SSSR count). The average Bonchev–Trinajstić information content (AvgIpc) is 2.88. The normalized spacial score (nSPS) is 30.3. The first-order valence-electron chi connectivity index (χ1n) is 8.17. The number of nitrogens with zero attached hydrogens (tertiary/aromatic N) is 2. The molecule has 0 aromatic heterocycles. The Kier molecular flexibility index (Phi) is 7.05. The lowest BCUT2D eigenvalue weighted by molar-refractivity contribution is 0.0252. The molecule has 1 atom stereocenters. The van der Waals surface area contributed by atoms with Gasteiger partial charge in [0.25, 0.3) is 0 Å². The van der Waals surface area contributed by atoms with E-state index in [-0.39, 0.29) is 12.4 Å². The van der Waals surface area contributed by atoms with Crippen molar-refractivity contribution in [2.24, 2.45) is 5.92 Å². The molecular weight excluding hydrogens is 274 g/mol. The highest BCUT2D eigenvalue weighted by Crippen LogP contribution is 2.23. The lowest BCUT2D eigenvalue weighted by Gasteiger charge is -2.35. The third kappa shape index (κ3) is 4.57. The van der Waals surface area contributed by atoms with Gasteiger partial charge in [-0.3, -0.25) is 9.80 Å². The Morgan fingerprint density at radius 2 is 1.70 bits per heavy atom. The monoisotopic (exact) mass is 303 g/mol. The Morgan fingerprint density at radius 1 is 0.950 bits per heavy atom. The number of halogens is 1. The smallest absolute Gasteiger partial charge is 0.0594 e. The Balaban J connectivity index is 0.00000147. The summed E-state index contributed by atoms with van der Waals surface area (Å²) in [5, 5.41) is 3.48. The van der Waals surface area contributed by atoms with Crippen LogP contribution in [0.4, 0.5) is 0 Å². The van der Waals surface area contributed by atoms with Gasteiger partial charge in [-0.25, -0.2) is 0 Å². The molecule has 20 heavy (non-hydrogen) atoms. The van der Waals surface area contributed by atoms with Gasteiger partial charge < -0.3 is 10.1 Å². The van der Waals surface area contributed by atoms with Crippen molar-refractivity contribution >= 4 is 12.4 Å². The summed E-state index contributed by atoms with van der Waals surface area (Å²) in [5.74, 6) is 0.937. The van der Waals surface area contributed by atoms with Crippen LogP contribution in [0.2, 0.25) is 0 Å². The molecule has 0 spiro atoms. The van der Waals surface area contributed by atoms with Crippen LogP contribution in [0.5, 0.6) is 0 Å². The molecule has 0 aromatic carbocycles. The SMILES string of the molecule is C1CC(CN2CCOCC2)N(CC2CCNCC2)C1.Cl. The Labute approximate surface area is 129 Å². The van der Waals surface area contributed by atoms with Crippen LogP contribution in [0.25, 0.3) is 0 Å². The number of nitrogens with one attached hydrogen (secondary N) is 1. The first-order valence-corrected chi connectivity index (χ1v) is 8.17. The van der Waals surface area contributed by atoms with Crippen molar-refractivity contribution in [2.45, 2.75) is 31.7 Å². The number of piperidine rings is 1. The molecule has 1 unspecified atom stereocenters. The number of morpholine rings is 1. The van der Waals surface area contributed by atoms with Gasteiger partial charge in [-0.05, 0) is 51.2 Å². The summed E-state index contributed by atoms with van der Waals surface area (Å²) < 4.78 is 5.45. The van der Waals surface area contributed by atoms with Gasteiger partial charge in [0.15, 0.2) is 0 Å². The number of hydrogen-bond acceptors (Lipinski definition) is 4. The summed E-state index contributed by atoms with van der Waals surface area (Å²) in [6.07, 6.45) is 5.56. The fourth-order valence-corrected chi connectivity index (χ4v) is 3.82. The van der Waals surface area contributed by atoms with Crippen molar-refractivity contribution in [1.29, 1.82) is 0 Å². The van der Waals surface area contributed by atoms with Gasteiger partial charge in [-0.2, -0.15) is 0 Å². The van der Waals surface area contributed by atoms with Crippen molar-refractivity contribution in [2.75, 3.05) is 59.0 Å². The minimum absolute atomic E-state index is 0. The Hall–Kier alpha value is 0.130. The standard InChI is InChI=1S/C15H29N3O.ClH/c1-2-15(13-17-8-10-19-11-9-17)18(7-1)12-14-3-5-16-6-4-14;/h14-16H,1-13H2;1H. The second-order valence-electron chi connectivity index (χ2n) is 6.40. The van der Waals surface area contributed by atoms with Gasteiger partial charge in [0.2, 0.25) is 0 Å². The van der Waals surface area contributed by atoms with E-state index in [2.05, 4.69) is 15.1 Å². The molecule has 4 nitrogen and oxygen atoms in total. The highest BCUT2D eigenvalue weighted by molar-refractivity contribution is 5.85. The molecule has 3 fully saturated rings. The number of rotatable bonds is 4. The highest BCUT2D eigenvalue weighted by atomic mass is 35.5. The highest BCUT2D eigenvalue weighted by Gasteiger charge is 2.29. The first-order chi connectivity index (χ1) is 9.42. The molecule has 0 radical (unpaired) electrons. The Morgan fingerprint density at radius 3 is 2.45 bits per heavy atom. The van der Waals surface area contributed by atoms with Crippen molar-refractivity contribution < 1.29 is 4.74 Å². The number of likely N-dealkylation sites (tertiary alicyclic amines) is 1. The Bertz CT molecular complexity index is 242. The largest absolute Gasteiger partial charge is 0.379 e. The molecule has 0 aliphatic carbocycles. The van der Waals surface area contributed by atoms with Crippen molar-refractivity contribution in [3.05, 3.63) is 0 Å². The van der Waals surface area contributed by atoms with Gasteiger partial charge in [-0.1, -0.05) is 0 Å². The second kappa shape index (κ2) is 8.54. The topological polar surface area (TPSA) is 27.7 Å². The van der Waals surface area contributed by atoms with E-state index in [9.17, 15) is 0 Å². The van der Waals surface area contributed by atoms with Crippen molar-refractivity contribution in [3.8, 4) is 0 Å². The molecule has 1 N–H and O–H groups in total. The molecule has 3 saturated heterocycles. The maximum Gasteiger partial charge on any atom is 0.0594 e. The summed E-state index contributed by atoms with van der Waals surface area (Å²) in [7, 11) is 0. The van der Waals surface area contributed by atoms with E-state index in [0.29, 0.717) is 0 Å². The van der Waals surface area contributed by atoms with Crippen LogP contribution in [-0.2, 0) is 4.74 Å². The van der Waals surface area contributed by atoms with Gasteiger partial charge in [0, 0.05) is 32.2 Å². The maximum atomic E-state index is 5.45. The molecule has 5 heteroatoms. The fourth-order valence-electron chi connectivity index (χ4n) is 3.82. The molecule has 3 aliphatic heterocycles. The third-order valence-corrected chi connectivity index (χ3v) is 5.02. The summed E-state index contributed by atoms with van der Waals surface area (Å²) >= 11 is 0. The van der Waals surface area contributed by atoms with Crippen LogP contribution in [0.3, 0.4) is 0 Å². The lowest BCUT2D eigenvalue weighted by Crippen LogP contribution is -2.46. The quantitative estimate of drug-likeness (QED) is 0.845. The van der Waals surface area contributed by atoms with Crippen LogP contribution in [0.1, 0.15) is 25.7 Å². The minimum Gasteiger partial charge on any atom is -0.379 e. The molecule has 3 heterocycles. The van der Waals surface area contributed by atoms with Crippen molar-refractivity contribution in [3.63, 3.8) is 0 Å². The van der Waals surface area contributed by atoms with Gasteiger partial charge in [0.05, 0.1) is 13.2 Å². The average molecular weight is 304 g/mol. The maximum absolute atomic E-state index is 5.45. The zero-order valence-electron chi connectivity index (χ0n) is 12.6. The summed E-state index contributed by atoms with van der Waals surface area (Å²) in [4.78, 5) is 5.39. The van der Waals surface area contributed by atoms with E-state index in [0.717, 1.165) is 38.3 Å². The number of hydrogen-bond donors (Lipinski definition) is 1. The van der Waals surface area contributed by atoms with Crippen molar-refractivity contribution in [1.82, 2.24) is 15.1 Å². The van der Waals surface area contributed by atoms with E-state index in [1.165, 1.54) is 58.4 Å². The zero-order chi connectivity index (χ0) is 12.9. The molecule has 0 aromatic rings.